The van der Waals surface area contributed by atoms with Crippen molar-refractivity contribution in [3.63, 3.8) is 0 Å². The number of nitrogens with two attached hydrogens (primary N) is 1. The van der Waals surface area contributed by atoms with Crippen LogP contribution in [0, 0.1) is 5.92 Å². The van der Waals surface area contributed by atoms with E-state index in [0.717, 1.165) is 25.7 Å². The summed E-state index contributed by atoms with van der Waals surface area (Å²) in [4.78, 5) is 34.9. The van der Waals surface area contributed by atoms with E-state index >= 15 is 0 Å². The fourth-order valence-corrected chi connectivity index (χ4v) is 2.28. The van der Waals surface area contributed by atoms with Crippen molar-refractivity contribution >= 4 is 17.9 Å². The first-order valence-corrected chi connectivity index (χ1v) is 7.04. The first-order chi connectivity index (χ1) is 9.50. The van der Waals surface area contributed by atoms with E-state index in [9.17, 15) is 14.4 Å². The number of urea groups is 1. The van der Waals surface area contributed by atoms with Crippen LogP contribution in [0.1, 0.15) is 38.5 Å². The van der Waals surface area contributed by atoms with Gasteiger partial charge in [0.1, 0.15) is 0 Å². The van der Waals surface area contributed by atoms with Gasteiger partial charge in [0.05, 0.1) is 5.92 Å². The molecule has 7 nitrogen and oxygen atoms in total. The number of carboxylic acids is 1. The van der Waals surface area contributed by atoms with E-state index in [4.69, 9.17) is 10.8 Å². The number of carboxylic acid groups (broad SMARTS) is 1. The van der Waals surface area contributed by atoms with Crippen molar-refractivity contribution in [2.75, 3.05) is 19.6 Å². The van der Waals surface area contributed by atoms with E-state index in [1.54, 1.807) is 4.90 Å². The van der Waals surface area contributed by atoms with Crippen LogP contribution >= 0.6 is 0 Å². The molecule has 0 aromatic rings. The van der Waals surface area contributed by atoms with Gasteiger partial charge in [0.2, 0.25) is 5.91 Å². The Bertz CT molecular complexity index is 360. The zero-order valence-electron chi connectivity index (χ0n) is 11.6. The van der Waals surface area contributed by atoms with Gasteiger partial charge in [-0.2, -0.15) is 0 Å². The van der Waals surface area contributed by atoms with Gasteiger partial charge in [-0.15, -0.1) is 0 Å². The minimum absolute atomic E-state index is 0.167. The Morgan fingerprint density at radius 1 is 1.25 bits per heavy atom. The first-order valence-electron chi connectivity index (χ1n) is 7.04. The van der Waals surface area contributed by atoms with E-state index in [-0.39, 0.29) is 24.3 Å². The van der Waals surface area contributed by atoms with Gasteiger partial charge in [-0.1, -0.05) is 6.42 Å². The summed E-state index contributed by atoms with van der Waals surface area (Å²) in [7, 11) is 0. The highest BCUT2D eigenvalue weighted by molar-refractivity contribution is 5.79. The molecule has 0 aromatic carbocycles. The van der Waals surface area contributed by atoms with Crippen molar-refractivity contribution in [1.29, 1.82) is 0 Å². The molecule has 0 radical (unpaired) electrons. The van der Waals surface area contributed by atoms with Gasteiger partial charge in [0, 0.05) is 26.1 Å². The van der Waals surface area contributed by atoms with E-state index in [1.807, 2.05) is 0 Å². The topological polar surface area (TPSA) is 113 Å². The van der Waals surface area contributed by atoms with Crippen molar-refractivity contribution in [2.45, 2.75) is 38.5 Å². The van der Waals surface area contributed by atoms with Crippen LogP contribution < -0.4 is 11.1 Å². The highest BCUT2D eigenvalue weighted by Crippen LogP contribution is 2.15. The molecule has 0 saturated carbocycles. The minimum Gasteiger partial charge on any atom is -0.481 e. The SMILES string of the molecule is NC(=O)C1CCCN(C(=O)NCCCCCC(=O)O)C1. The smallest absolute Gasteiger partial charge is 0.317 e. The molecule has 0 bridgehead atoms. The van der Waals surface area contributed by atoms with Crippen LogP contribution in [0.15, 0.2) is 0 Å². The molecule has 4 N–H and O–H groups in total. The molecule has 7 heteroatoms. The molecule has 20 heavy (non-hydrogen) atoms. The fourth-order valence-electron chi connectivity index (χ4n) is 2.28. The van der Waals surface area contributed by atoms with E-state index in [0.29, 0.717) is 26.1 Å². The van der Waals surface area contributed by atoms with Crippen molar-refractivity contribution in [1.82, 2.24) is 10.2 Å². The second-order valence-electron chi connectivity index (χ2n) is 5.12. The van der Waals surface area contributed by atoms with Crippen LogP contribution in [0.25, 0.3) is 0 Å². The predicted octanol–water partition coefficient (Wildman–Crippen LogP) is 0.538. The maximum absolute atomic E-state index is 11.9. The maximum Gasteiger partial charge on any atom is 0.317 e. The number of hydrogen-bond acceptors (Lipinski definition) is 3. The van der Waals surface area contributed by atoms with Crippen LogP contribution in [-0.4, -0.2) is 47.5 Å². The number of amides is 3. The lowest BCUT2D eigenvalue weighted by molar-refractivity contribution is -0.137. The maximum atomic E-state index is 11.9. The summed E-state index contributed by atoms with van der Waals surface area (Å²) in [6.07, 6.45) is 3.86. The summed E-state index contributed by atoms with van der Waals surface area (Å²) < 4.78 is 0. The Morgan fingerprint density at radius 3 is 2.65 bits per heavy atom. The molecular weight excluding hydrogens is 262 g/mol. The molecule has 114 valence electrons. The summed E-state index contributed by atoms with van der Waals surface area (Å²) in [6.45, 7) is 1.56. The molecule has 1 aliphatic rings. The normalized spacial score (nSPS) is 18.6. The van der Waals surface area contributed by atoms with Crippen LogP contribution in [0.3, 0.4) is 0 Å². The molecule has 1 aliphatic heterocycles. The van der Waals surface area contributed by atoms with Gasteiger partial charge >= 0.3 is 12.0 Å². The van der Waals surface area contributed by atoms with Gasteiger partial charge < -0.3 is 21.1 Å². The lowest BCUT2D eigenvalue weighted by Gasteiger charge is -2.31. The third-order valence-electron chi connectivity index (χ3n) is 3.45. The average molecular weight is 285 g/mol. The lowest BCUT2D eigenvalue weighted by Crippen LogP contribution is -2.48. The number of carbonyl (C=O) groups is 3. The standard InChI is InChI=1S/C13H23N3O4/c14-12(19)10-5-4-8-16(9-10)13(20)15-7-3-1-2-6-11(17)18/h10H,1-9H2,(H2,14,19)(H,15,20)(H,17,18). The average Bonchev–Trinajstić information content (AvgIpc) is 2.42. The molecule has 1 saturated heterocycles. The number of rotatable bonds is 7. The monoisotopic (exact) mass is 285 g/mol. The molecule has 1 fully saturated rings. The highest BCUT2D eigenvalue weighted by atomic mass is 16.4. The number of primary amides is 1. The largest absolute Gasteiger partial charge is 0.481 e. The lowest BCUT2D eigenvalue weighted by atomic mass is 9.98. The molecule has 3 amide bonds. The number of piperidine rings is 1. The number of carbonyl (C=O) groups excluding carboxylic acids is 2. The summed E-state index contributed by atoms with van der Waals surface area (Å²) in [6, 6.07) is -0.172. The molecule has 1 atom stereocenters. The van der Waals surface area contributed by atoms with Crippen LogP contribution in [0.5, 0.6) is 0 Å². The van der Waals surface area contributed by atoms with E-state index < -0.39 is 5.97 Å². The molecule has 0 spiro atoms. The summed E-state index contributed by atoms with van der Waals surface area (Å²) in [5.74, 6) is -1.39. The van der Waals surface area contributed by atoms with E-state index in [1.165, 1.54) is 0 Å². The summed E-state index contributed by atoms with van der Waals surface area (Å²) in [5, 5.41) is 11.3. The van der Waals surface area contributed by atoms with Crippen molar-refractivity contribution in [3.8, 4) is 0 Å². The molecule has 0 aliphatic carbocycles. The van der Waals surface area contributed by atoms with Crippen LogP contribution in [0.4, 0.5) is 4.79 Å². The number of nitrogens with one attached hydrogen (secondary N) is 1. The van der Waals surface area contributed by atoms with Crippen LogP contribution in [0.2, 0.25) is 0 Å². The fraction of sp³-hybridized carbons (Fsp3) is 0.769. The van der Waals surface area contributed by atoms with Gasteiger partial charge in [0.25, 0.3) is 0 Å². The number of unbranched alkanes of at least 4 members (excludes halogenated alkanes) is 2. The van der Waals surface area contributed by atoms with Gasteiger partial charge in [-0.25, -0.2) is 4.79 Å². The van der Waals surface area contributed by atoms with Gasteiger partial charge in [-0.05, 0) is 25.7 Å². The molecular formula is C13H23N3O4. The number of hydrogen-bond donors (Lipinski definition) is 3. The predicted molar refractivity (Wildman–Crippen MR) is 73.0 cm³/mol. The summed E-state index contributed by atoms with van der Waals surface area (Å²) in [5.41, 5.74) is 5.26. The molecule has 1 heterocycles. The zero-order valence-corrected chi connectivity index (χ0v) is 11.6. The molecule has 0 aromatic heterocycles. The van der Waals surface area contributed by atoms with Crippen molar-refractivity contribution in [2.24, 2.45) is 11.7 Å². The Kier molecular flexibility index (Phi) is 6.83. The minimum atomic E-state index is -0.792. The number of nitrogens with zero attached hydrogens (tertiary/aromatic N) is 1. The molecule has 1 rings (SSSR count). The van der Waals surface area contributed by atoms with E-state index in [2.05, 4.69) is 5.32 Å². The Hall–Kier alpha value is -1.79. The zero-order chi connectivity index (χ0) is 15.0. The van der Waals surface area contributed by atoms with Crippen LogP contribution in [-0.2, 0) is 9.59 Å². The Balaban J connectivity index is 2.15. The highest BCUT2D eigenvalue weighted by Gasteiger charge is 2.26. The third-order valence-corrected chi connectivity index (χ3v) is 3.45. The van der Waals surface area contributed by atoms with Gasteiger partial charge in [0.15, 0.2) is 0 Å². The first kappa shape index (κ1) is 16.3. The quantitative estimate of drug-likeness (QED) is 0.592. The van der Waals surface area contributed by atoms with Crippen molar-refractivity contribution in [3.05, 3.63) is 0 Å². The van der Waals surface area contributed by atoms with Gasteiger partial charge in [-0.3, -0.25) is 9.59 Å². The number of aliphatic carboxylic acids is 1. The Morgan fingerprint density at radius 2 is 2.00 bits per heavy atom. The summed E-state index contributed by atoms with van der Waals surface area (Å²) >= 11 is 0. The van der Waals surface area contributed by atoms with Crippen molar-refractivity contribution < 1.29 is 19.5 Å². The molecule has 1 unspecified atom stereocenters. The second-order valence-corrected chi connectivity index (χ2v) is 5.12. The third kappa shape index (κ3) is 5.90. The number of likely N-dealkylation sites (tertiary alicyclic amines) is 1. The Labute approximate surface area is 118 Å². The second kappa shape index (κ2) is 8.39.